The average molecular weight is 306 g/mol. The molecule has 108 valence electrons. The minimum atomic E-state index is -0.512. The molecule has 1 aliphatic heterocycles. The Bertz CT molecular complexity index is 734. The summed E-state index contributed by atoms with van der Waals surface area (Å²) in [6.07, 6.45) is 1.06. The topological polar surface area (TPSA) is 55.1 Å². The van der Waals surface area contributed by atoms with Crippen LogP contribution in [0.25, 0.3) is 0 Å². The van der Waals surface area contributed by atoms with Crippen LogP contribution in [0.2, 0.25) is 0 Å². The zero-order valence-electron chi connectivity index (χ0n) is 11.0. The van der Waals surface area contributed by atoms with E-state index in [1.54, 1.807) is 12.1 Å². The normalized spacial score (nSPS) is 13.7. The van der Waals surface area contributed by atoms with Gasteiger partial charge in [-0.2, -0.15) is 0 Å². The van der Waals surface area contributed by atoms with Gasteiger partial charge in [0.2, 0.25) is 5.91 Å². The van der Waals surface area contributed by atoms with Crippen molar-refractivity contribution in [2.75, 3.05) is 11.1 Å². The van der Waals surface area contributed by atoms with Crippen molar-refractivity contribution in [2.45, 2.75) is 22.6 Å². The quantitative estimate of drug-likeness (QED) is 0.834. The fourth-order valence-corrected chi connectivity index (χ4v) is 3.12. The standard InChI is InChI=1S/C15H12F2N2OS/c16-9-2-3-10(17)13(6-9)21-14-7-12-8(5-11(14)18)1-4-15(20)19-12/h2-3,5-7H,1,4,18H2,(H,19,20). The van der Waals surface area contributed by atoms with Crippen LogP contribution in [0, 0.1) is 11.6 Å². The molecule has 0 unspecified atom stereocenters. The summed E-state index contributed by atoms with van der Waals surface area (Å²) in [4.78, 5) is 12.2. The third kappa shape index (κ3) is 2.85. The molecule has 0 saturated carbocycles. The molecular weight excluding hydrogens is 294 g/mol. The molecule has 0 saturated heterocycles. The molecule has 2 aromatic rings. The summed E-state index contributed by atoms with van der Waals surface area (Å²) >= 11 is 1.04. The van der Waals surface area contributed by atoms with Crippen LogP contribution in [0.1, 0.15) is 12.0 Å². The van der Waals surface area contributed by atoms with Crippen molar-refractivity contribution in [3.8, 4) is 0 Å². The van der Waals surface area contributed by atoms with Gasteiger partial charge in [0.05, 0.1) is 4.90 Å². The lowest BCUT2D eigenvalue weighted by atomic mass is 10.0. The zero-order valence-corrected chi connectivity index (χ0v) is 11.8. The Balaban J connectivity index is 1.97. The molecule has 0 radical (unpaired) electrons. The SMILES string of the molecule is Nc1cc2c(cc1Sc1cc(F)ccc1F)NC(=O)CC2. The van der Waals surface area contributed by atoms with Gasteiger partial charge in [0.15, 0.2) is 0 Å². The average Bonchev–Trinajstić information content (AvgIpc) is 2.44. The van der Waals surface area contributed by atoms with Crippen LogP contribution in [0.4, 0.5) is 20.2 Å². The lowest BCUT2D eigenvalue weighted by molar-refractivity contribution is -0.116. The first-order chi connectivity index (χ1) is 10.0. The van der Waals surface area contributed by atoms with Gasteiger partial charge in [-0.1, -0.05) is 11.8 Å². The number of nitrogens with two attached hydrogens (primary N) is 1. The molecule has 1 amide bonds. The predicted octanol–water partition coefficient (Wildman–Crippen LogP) is 3.58. The summed E-state index contributed by atoms with van der Waals surface area (Å²) in [7, 11) is 0. The molecule has 0 aliphatic carbocycles. The number of carbonyl (C=O) groups excluding carboxylic acids is 1. The van der Waals surface area contributed by atoms with Gasteiger partial charge in [0.25, 0.3) is 0 Å². The summed E-state index contributed by atoms with van der Waals surface area (Å²) in [5.74, 6) is -1.08. The molecule has 0 bridgehead atoms. The van der Waals surface area contributed by atoms with Crippen molar-refractivity contribution in [3.63, 3.8) is 0 Å². The van der Waals surface area contributed by atoms with Gasteiger partial charge in [-0.25, -0.2) is 8.78 Å². The summed E-state index contributed by atoms with van der Waals surface area (Å²) in [5.41, 5.74) is 8.09. The maximum atomic E-state index is 13.7. The van der Waals surface area contributed by atoms with E-state index in [4.69, 9.17) is 5.73 Å². The molecule has 1 heterocycles. The number of fused-ring (bicyclic) bond motifs is 1. The van der Waals surface area contributed by atoms with Gasteiger partial charge in [0, 0.05) is 22.7 Å². The Hall–Kier alpha value is -2.08. The van der Waals surface area contributed by atoms with E-state index in [1.807, 2.05) is 0 Å². The van der Waals surface area contributed by atoms with Crippen molar-refractivity contribution in [3.05, 3.63) is 47.5 Å². The maximum Gasteiger partial charge on any atom is 0.224 e. The first-order valence-corrected chi connectivity index (χ1v) is 7.20. The number of nitrogens with one attached hydrogen (secondary N) is 1. The van der Waals surface area contributed by atoms with Gasteiger partial charge in [-0.15, -0.1) is 0 Å². The summed E-state index contributed by atoms with van der Waals surface area (Å²) in [5, 5.41) is 2.76. The molecule has 0 fully saturated rings. The van der Waals surface area contributed by atoms with E-state index in [0.29, 0.717) is 29.1 Å². The molecule has 0 spiro atoms. The Kier molecular flexibility index (Phi) is 3.55. The van der Waals surface area contributed by atoms with Gasteiger partial charge >= 0.3 is 0 Å². The van der Waals surface area contributed by atoms with Gasteiger partial charge in [-0.05, 0) is 42.3 Å². The molecule has 21 heavy (non-hydrogen) atoms. The number of halogens is 2. The Morgan fingerprint density at radius 3 is 2.71 bits per heavy atom. The number of anilines is 2. The summed E-state index contributed by atoms with van der Waals surface area (Å²) in [6, 6.07) is 6.74. The number of carbonyl (C=O) groups is 1. The highest BCUT2D eigenvalue weighted by molar-refractivity contribution is 7.99. The highest BCUT2D eigenvalue weighted by atomic mass is 32.2. The number of rotatable bonds is 2. The highest BCUT2D eigenvalue weighted by Crippen LogP contribution is 2.38. The lowest BCUT2D eigenvalue weighted by Gasteiger charge is -2.19. The molecule has 0 aromatic heterocycles. The fraction of sp³-hybridized carbons (Fsp3) is 0.133. The molecule has 2 aromatic carbocycles. The van der Waals surface area contributed by atoms with Gasteiger partial charge in [-0.3, -0.25) is 4.79 Å². The second kappa shape index (κ2) is 5.37. The molecule has 1 aliphatic rings. The van der Waals surface area contributed by atoms with E-state index in [9.17, 15) is 13.6 Å². The fourth-order valence-electron chi connectivity index (χ4n) is 2.19. The van der Waals surface area contributed by atoms with Crippen LogP contribution in [-0.2, 0) is 11.2 Å². The van der Waals surface area contributed by atoms with Crippen molar-refractivity contribution < 1.29 is 13.6 Å². The number of nitrogen functional groups attached to an aromatic ring is 1. The van der Waals surface area contributed by atoms with Crippen LogP contribution >= 0.6 is 11.8 Å². The second-order valence-corrected chi connectivity index (χ2v) is 5.86. The number of benzene rings is 2. The number of hydrogen-bond donors (Lipinski definition) is 2. The number of amides is 1. The van der Waals surface area contributed by atoms with Crippen molar-refractivity contribution >= 4 is 29.0 Å². The smallest absolute Gasteiger partial charge is 0.224 e. The van der Waals surface area contributed by atoms with Crippen molar-refractivity contribution in [1.82, 2.24) is 0 Å². The highest BCUT2D eigenvalue weighted by Gasteiger charge is 2.17. The monoisotopic (exact) mass is 306 g/mol. The first kappa shape index (κ1) is 13.9. The van der Waals surface area contributed by atoms with E-state index in [1.165, 1.54) is 0 Å². The maximum absolute atomic E-state index is 13.7. The second-order valence-electron chi connectivity index (χ2n) is 4.77. The van der Waals surface area contributed by atoms with Crippen LogP contribution in [0.15, 0.2) is 40.1 Å². The third-order valence-corrected chi connectivity index (χ3v) is 4.35. The van der Waals surface area contributed by atoms with E-state index >= 15 is 0 Å². The number of hydrogen-bond acceptors (Lipinski definition) is 3. The van der Waals surface area contributed by atoms with Gasteiger partial charge < -0.3 is 11.1 Å². The number of aryl methyl sites for hydroxylation is 1. The zero-order chi connectivity index (χ0) is 15.0. The predicted molar refractivity (Wildman–Crippen MR) is 78.3 cm³/mol. The van der Waals surface area contributed by atoms with Crippen molar-refractivity contribution in [1.29, 1.82) is 0 Å². The third-order valence-electron chi connectivity index (χ3n) is 3.24. The molecule has 3 N–H and O–H groups in total. The van der Waals surface area contributed by atoms with Crippen molar-refractivity contribution in [2.24, 2.45) is 0 Å². The Morgan fingerprint density at radius 2 is 1.90 bits per heavy atom. The molecule has 0 atom stereocenters. The van der Waals surface area contributed by atoms with Gasteiger partial charge in [0.1, 0.15) is 11.6 Å². The minimum absolute atomic E-state index is 0.0554. The van der Waals surface area contributed by atoms with E-state index in [2.05, 4.69) is 5.32 Å². The lowest BCUT2D eigenvalue weighted by Crippen LogP contribution is -2.19. The van der Waals surface area contributed by atoms with E-state index in [-0.39, 0.29) is 10.8 Å². The molecular formula is C15H12F2N2OS. The molecule has 3 rings (SSSR count). The largest absolute Gasteiger partial charge is 0.398 e. The molecule has 6 heteroatoms. The van der Waals surface area contributed by atoms with Crippen LogP contribution < -0.4 is 11.1 Å². The van der Waals surface area contributed by atoms with E-state index < -0.39 is 11.6 Å². The Morgan fingerprint density at radius 1 is 1.10 bits per heavy atom. The van der Waals surface area contributed by atoms with Crippen LogP contribution in [0.3, 0.4) is 0 Å². The minimum Gasteiger partial charge on any atom is -0.398 e. The first-order valence-electron chi connectivity index (χ1n) is 6.38. The molecule has 3 nitrogen and oxygen atoms in total. The summed E-state index contributed by atoms with van der Waals surface area (Å²) in [6.45, 7) is 0. The Labute approximate surface area is 124 Å². The van der Waals surface area contributed by atoms with E-state index in [0.717, 1.165) is 35.5 Å². The van der Waals surface area contributed by atoms with Crippen LogP contribution in [0.5, 0.6) is 0 Å². The van der Waals surface area contributed by atoms with Crippen LogP contribution in [-0.4, -0.2) is 5.91 Å². The summed E-state index contributed by atoms with van der Waals surface area (Å²) < 4.78 is 26.9.